The SMILES string of the molecule is CCOC(=O)c1c(C)n(-c2ccccc2C)c2c1c(C)c(OC)c1ccccc12. The molecular formula is C25H25NO3. The van der Waals surface area contributed by atoms with Gasteiger partial charge in [-0.25, -0.2) is 4.79 Å². The number of methoxy groups -OCH3 is 1. The molecule has 4 rings (SSSR count). The van der Waals surface area contributed by atoms with Crippen LogP contribution < -0.4 is 4.74 Å². The first-order valence-electron chi connectivity index (χ1n) is 9.84. The van der Waals surface area contributed by atoms with Crippen LogP contribution in [0.3, 0.4) is 0 Å². The lowest BCUT2D eigenvalue weighted by Gasteiger charge is -2.15. The number of aryl methyl sites for hydroxylation is 2. The monoisotopic (exact) mass is 387 g/mol. The Morgan fingerprint density at radius 3 is 2.28 bits per heavy atom. The summed E-state index contributed by atoms with van der Waals surface area (Å²) in [5, 5.41) is 2.97. The van der Waals surface area contributed by atoms with Crippen molar-refractivity contribution in [1.82, 2.24) is 4.57 Å². The summed E-state index contributed by atoms with van der Waals surface area (Å²) in [6, 6.07) is 16.4. The Morgan fingerprint density at radius 1 is 0.966 bits per heavy atom. The maximum Gasteiger partial charge on any atom is 0.340 e. The van der Waals surface area contributed by atoms with Crippen molar-refractivity contribution in [1.29, 1.82) is 0 Å². The number of nitrogens with zero attached hydrogens (tertiary/aromatic N) is 1. The van der Waals surface area contributed by atoms with Gasteiger partial charge in [0, 0.05) is 33.1 Å². The molecule has 0 fully saturated rings. The summed E-state index contributed by atoms with van der Waals surface area (Å²) in [6.45, 7) is 8.25. The molecule has 4 heteroatoms. The third-order valence-electron chi connectivity index (χ3n) is 5.59. The molecule has 0 saturated carbocycles. The van der Waals surface area contributed by atoms with Crippen LogP contribution in [0.15, 0.2) is 48.5 Å². The highest BCUT2D eigenvalue weighted by molar-refractivity contribution is 6.18. The number of fused-ring (bicyclic) bond motifs is 3. The molecule has 1 aromatic heterocycles. The lowest BCUT2D eigenvalue weighted by Crippen LogP contribution is -2.07. The van der Waals surface area contributed by atoms with Crippen LogP contribution in [0.5, 0.6) is 5.75 Å². The summed E-state index contributed by atoms with van der Waals surface area (Å²) in [6.07, 6.45) is 0. The quantitative estimate of drug-likeness (QED) is 0.410. The van der Waals surface area contributed by atoms with Crippen LogP contribution in [0.25, 0.3) is 27.4 Å². The zero-order valence-corrected chi connectivity index (χ0v) is 17.5. The highest BCUT2D eigenvalue weighted by atomic mass is 16.5. The summed E-state index contributed by atoms with van der Waals surface area (Å²) >= 11 is 0. The average molecular weight is 387 g/mol. The predicted molar refractivity (Wildman–Crippen MR) is 118 cm³/mol. The van der Waals surface area contributed by atoms with E-state index in [1.807, 2.05) is 45.0 Å². The smallest absolute Gasteiger partial charge is 0.340 e. The van der Waals surface area contributed by atoms with Crippen LogP contribution in [0.4, 0.5) is 0 Å². The molecule has 29 heavy (non-hydrogen) atoms. The van der Waals surface area contributed by atoms with E-state index in [0.717, 1.165) is 49.9 Å². The third kappa shape index (κ3) is 2.79. The summed E-state index contributed by atoms with van der Waals surface area (Å²) < 4.78 is 13.4. The lowest BCUT2D eigenvalue weighted by atomic mass is 9.98. The van der Waals surface area contributed by atoms with Crippen molar-refractivity contribution in [3.05, 3.63) is 70.9 Å². The Morgan fingerprint density at radius 2 is 1.62 bits per heavy atom. The number of aromatic nitrogens is 1. The first-order chi connectivity index (χ1) is 14.0. The molecule has 0 aliphatic rings. The summed E-state index contributed by atoms with van der Waals surface area (Å²) in [4.78, 5) is 13.0. The number of rotatable bonds is 4. The summed E-state index contributed by atoms with van der Waals surface area (Å²) in [7, 11) is 1.68. The Kier molecular flexibility index (Phi) is 4.79. The highest BCUT2D eigenvalue weighted by Crippen LogP contribution is 2.43. The zero-order chi connectivity index (χ0) is 20.7. The fourth-order valence-corrected chi connectivity index (χ4v) is 4.35. The van der Waals surface area contributed by atoms with E-state index in [9.17, 15) is 4.79 Å². The molecule has 0 atom stereocenters. The minimum absolute atomic E-state index is 0.303. The van der Waals surface area contributed by atoms with Crippen molar-refractivity contribution in [2.45, 2.75) is 27.7 Å². The molecule has 0 N–H and O–H groups in total. The molecule has 0 aliphatic carbocycles. The normalized spacial score (nSPS) is 11.2. The number of esters is 1. The van der Waals surface area contributed by atoms with Crippen molar-refractivity contribution < 1.29 is 14.3 Å². The van der Waals surface area contributed by atoms with Crippen LogP contribution in [-0.2, 0) is 4.74 Å². The average Bonchev–Trinajstić information content (AvgIpc) is 3.02. The number of hydrogen-bond acceptors (Lipinski definition) is 3. The molecule has 1 heterocycles. The molecule has 0 unspecified atom stereocenters. The molecule has 0 aliphatic heterocycles. The fraction of sp³-hybridized carbons (Fsp3) is 0.240. The molecule has 148 valence electrons. The van der Waals surface area contributed by atoms with E-state index in [1.165, 1.54) is 0 Å². The van der Waals surface area contributed by atoms with Crippen LogP contribution in [0.2, 0.25) is 0 Å². The lowest BCUT2D eigenvalue weighted by molar-refractivity contribution is 0.0527. The van der Waals surface area contributed by atoms with Gasteiger partial charge in [0.25, 0.3) is 0 Å². The van der Waals surface area contributed by atoms with E-state index in [4.69, 9.17) is 9.47 Å². The van der Waals surface area contributed by atoms with E-state index >= 15 is 0 Å². The van der Waals surface area contributed by atoms with Crippen LogP contribution >= 0.6 is 0 Å². The van der Waals surface area contributed by atoms with Gasteiger partial charge < -0.3 is 14.0 Å². The summed E-state index contributed by atoms with van der Waals surface area (Å²) in [5.74, 6) is 0.489. The maximum absolute atomic E-state index is 13.0. The first-order valence-corrected chi connectivity index (χ1v) is 9.84. The van der Waals surface area contributed by atoms with Crippen molar-refractivity contribution in [2.24, 2.45) is 0 Å². The Labute approximate surface area is 170 Å². The minimum Gasteiger partial charge on any atom is -0.496 e. The Bertz CT molecular complexity index is 1250. The molecule has 0 amide bonds. The molecule has 4 nitrogen and oxygen atoms in total. The molecule has 0 saturated heterocycles. The van der Waals surface area contributed by atoms with E-state index in [1.54, 1.807) is 7.11 Å². The number of para-hydroxylation sites is 1. The third-order valence-corrected chi connectivity index (χ3v) is 5.59. The van der Waals surface area contributed by atoms with Crippen LogP contribution in [-0.4, -0.2) is 24.3 Å². The van der Waals surface area contributed by atoms with Gasteiger partial charge in [0.1, 0.15) is 5.75 Å². The molecule has 0 bridgehead atoms. The van der Waals surface area contributed by atoms with Gasteiger partial charge in [0.05, 0.1) is 24.8 Å². The van der Waals surface area contributed by atoms with E-state index in [0.29, 0.717) is 12.2 Å². The number of carbonyl (C=O) groups excluding carboxylic acids is 1. The van der Waals surface area contributed by atoms with Crippen molar-refractivity contribution in [3.8, 4) is 11.4 Å². The van der Waals surface area contributed by atoms with Crippen molar-refractivity contribution in [3.63, 3.8) is 0 Å². The summed E-state index contributed by atoms with van der Waals surface area (Å²) in [5.41, 5.74) is 5.62. The number of ether oxygens (including phenoxy) is 2. The second kappa shape index (κ2) is 7.28. The topological polar surface area (TPSA) is 40.5 Å². The molecule has 0 radical (unpaired) electrons. The molecular weight excluding hydrogens is 362 g/mol. The highest BCUT2D eigenvalue weighted by Gasteiger charge is 2.27. The van der Waals surface area contributed by atoms with Gasteiger partial charge in [-0.3, -0.25) is 0 Å². The molecule has 0 spiro atoms. The standard InChI is InChI=1S/C25H25NO3/c1-6-29-25(27)22-17(4)26(20-14-10-7-11-15(20)2)23-18-12-8-9-13-19(18)24(28-5)16(3)21(22)23/h7-14H,6H2,1-5H3. The van der Waals surface area contributed by atoms with Gasteiger partial charge in [0.15, 0.2) is 0 Å². The second-order valence-electron chi connectivity index (χ2n) is 7.23. The zero-order valence-electron chi connectivity index (χ0n) is 17.5. The predicted octanol–water partition coefficient (Wildman–Crippen LogP) is 5.89. The van der Waals surface area contributed by atoms with Gasteiger partial charge in [-0.1, -0.05) is 42.5 Å². The number of hydrogen-bond donors (Lipinski definition) is 0. The van der Waals surface area contributed by atoms with Crippen molar-refractivity contribution >= 4 is 27.6 Å². The van der Waals surface area contributed by atoms with Crippen LogP contribution in [0.1, 0.15) is 34.1 Å². The van der Waals surface area contributed by atoms with E-state index in [2.05, 4.69) is 35.8 Å². The Balaban J connectivity index is 2.29. The largest absolute Gasteiger partial charge is 0.496 e. The molecule has 4 aromatic rings. The van der Waals surface area contributed by atoms with E-state index in [-0.39, 0.29) is 5.97 Å². The van der Waals surface area contributed by atoms with Gasteiger partial charge in [-0.15, -0.1) is 0 Å². The van der Waals surface area contributed by atoms with Gasteiger partial charge in [0.2, 0.25) is 0 Å². The van der Waals surface area contributed by atoms with Gasteiger partial charge in [-0.2, -0.15) is 0 Å². The van der Waals surface area contributed by atoms with Gasteiger partial charge in [-0.05, 0) is 39.3 Å². The number of benzene rings is 3. The molecule has 3 aromatic carbocycles. The second-order valence-corrected chi connectivity index (χ2v) is 7.23. The van der Waals surface area contributed by atoms with E-state index < -0.39 is 0 Å². The minimum atomic E-state index is -0.303. The first kappa shape index (κ1) is 19.1. The van der Waals surface area contributed by atoms with Gasteiger partial charge >= 0.3 is 5.97 Å². The number of carbonyl (C=O) groups is 1. The maximum atomic E-state index is 13.0. The Hall–Kier alpha value is -3.27. The fourth-order valence-electron chi connectivity index (χ4n) is 4.35. The van der Waals surface area contributed by atoms with Crippen LogP contribution in [0, 0.1) is 20.8 Å². The van der Waals surface area contributed by atoms with Crippen molar-refractivity contribution in [2.75, 3.05) is 13.7 Å².